The van der Waals surface area contributed by atoms with Gasteiger partial charge in [0.1, 0.15) is 0 Å². The molecule has 0 aliphatic carbocycles. The van der Waals surface area contributed by atoms with Crippen molar-refractivity contribution in [3.05, 3.63) is 42.4 Å². The summed E-state index contributed by atoms with van der Waals surface area (Å²) >= 11 is 0. The van der Waals surface area contributed by atoms with E-state index in [2.05, 4.69) is 19.9 Å². The van der Waals surface area contributed by atoms with Gasteiger partial charge in [0.25, 0.3) is 0 Å². The lowest BCUT2D eigenvalue weighted by Gasteiger charge is -2.16. The molecule has 2 aromatic rings. The molecule has 1 aliphatic heterocycles. The van der Waals surface area contributed by atoms with Gasteiger partial charge in [0.15, 0.2) is 0 Å². The van der Waals surface area contributed by atoms with Crippen LogP contribution < -0.4 is 9.64 Å². The van der Waals surface area contributed by atoms with Crippen LogP contribution in [0.2, 0.25) is 0 Å². The van der Waals surface area contributed by atoms with Gasteiger partial charge in [0.2, 0.25) is 11.8 Å². The predicted molar refractivity (Wildman–Crippen MR) is 78.2 cm³/mol. The first kappa shape index (κ1) is 13.8. The molecule has 0 saturated carbocycles. The van der Waals surface area contributed by atoms with Crippen LogP contribution in [0.15, 0.2) is 36.8 Å². The monoisotopic (exact) mass is 286 g/mol. The highest BCUT2D eigenvalue weighted by molar-refractivity contribution is 5.33. The lowest BCUT2D eigenvalue weighted by Crippen LogP contribution is -2.24. The number of hydrogen-bond donors (Lipinski definition) is 0. The minimum absolute atomic E-state index is 0.202. The predicted octanol–water partition coefficient (Wildman–Crippen LogP) is 1.68. The molecule has 0 bridgehead atoms. The van der Waals surface area contributed by atoms with Crippen molar-refractivity contribution < 1.29 is 9.47 Å². The van der Waals surface area contributed by atoms with Gasteiger partial charge in [-0.3, -0.25) is 4.98 Å². The molecule has 21 heavy (non-hydrogen) atoms. The lowest BCUT2D eigenvalue weighted by molar-refractivity contribution is 0.0552. The molecule has 1 atom stereocenters. The van der Waals surface area contributed by atoms with Crippen molar-refractivity contribution in [2.45, 2.75) is 19.1 Å². The van der Waals surface area contributed by atoms with E-state index < -0.39 is 0 Å². The molecule has 6 nitrogen and oxygen atoms in total. The minimum Gasteiger partial charge on any atom is -0.481 e. The molecule has 1 aliphatic rings. The van der Waals surface area contributed by atoms with Crippen LogP contribution in [0.5, 0.6) is 5.88 Å². The van der Waals surface area contributed by atoms with Gasteiger partial charge in [-0.25, -0.2) is 4.98 Å². The molecule has 3 heterocycles. The number of rotatable bonds is 5. The largest absolute Gasteiger partial charge is 0.481 e. The second-order valence-corrected chi connectivity index (χ2v) is 4.92. The van der Waals surface area contributed by atoms with Crippen LogP contribution in [0.1, 0.15) is 12.0 Å². The summed E-state index contributed by atoms with van der Waals surface area (Å²) in [6, 6.07) is 5.69. The summed E-state index contributed by atoms with van der Waals surface area (Å²) in [5.41, 5.74) is 1.14. The zero-order chi connectivity index (χ0) is 14.5. The Balaban J connectivity index is 1.55. The van der Waals surface area contributed by atoms with Crippen LogP contribution in [-0.4, -0.2) is 41.3 Å². The second-order valence-electron chi connectivity index (χ2n) is 4.92. The summed E-state index contributed by atoms with van der Waals surface area (Å²) in [6.45, 7) is 2.31. The summed E-state index contributed by atoms with van der Waals surface area (Å²) in [7, 11) is 1.61. The number of anilines is 1. The Morgan fingerprint density at radius 3 is 2.90 bits per heavy atom. The maximum absolute atomic E-state index is 5.94. The maximum atomic E-state index is 5.94. The molecule has 3 rings (SSSR count). The zero-order valence-electron chi connectivity index (χ0n) is 12.0. The van der Waals surface area contributed by atoms with Crippen LogP contribution in [-0.2, 0) is 11.3 Å². The molecule has 0 amide bonds. The quantitative estimate of drug-likeness (QED) is 0.833. The molecule has 0 aromatic carbocycles. The van der Waals surface area contributed by atoms with Crippen molar-refractivity contribution in [1.29, 1.82) is 0 Å². The first-order valence-electron chi connectivity index (χ1n) is 6.97. The van der Waals surface area contributed by atoms with E-state index >= 15 is 0 Å². The fraction of sp³-hybridized carbons (Fsp3) is 0.400. The first-order chi connectivity index (χ1) is 10.3. The third-order valence-electron chi connectivity index (χ3n) is 3.49. The number of hydrogen-bond acceptors (Lipinski definition) is 6. The van der Waals surface area contributed by atoms with E-state index in [-0.39, 0.29) is 6.10 Å². The van der Waals surface area contributed by atoms with Crippen LogP contribution in [0.4, 0.5) is 5.95 Å². The van der Waals surface area contributed by atoms with Crippen LogP contribution in [0.25, 0.3) is 0 Å². The van der Waals surface area contributed by atoms with Crippen molar-refractivity contribution in [3.8, 4) is 5.88 Å². The Labute approximate surface area is 123 Å². The number of aromatic nitrogens is 3. The molecule has 0 N–H and O–H groups in total. The first-order valence-corrected chi connectivity index (χ1v) is 6.97. The molecule has 1 saturated heterocycles. The number of nitrogens with zero attached hydrogens (tertiary/aromatic N) is 4. The molecule has 2 aromatic heterocycles. The van der Waals surface area contributed by atoms with Crippen molar-refractivity contribution in [2.75, 3.05) is 25.1 Å². The molecule has 6 heteroatoms. The lowest BCUT2D eigenvalue weighted by atomic mass is 10.3. The summed E-state index contributed by atoms with van der Waals surface area (Å²) < 4.78 is 11.1. The Bertz CT molecular complexity index is 579. The molecule has 0 unspecified atom stereocenters. The summed E-state index contributed by atoms with van der Waals surface area (Å²) in [5, 5.41) is 0. The third-order valence-corrected chi connectivity index (χ3v) is 3.49. The van der Waals surface area contributed by atoms with Gasteiger partial charge in [-0.15, -0.1) is 0 Å². The van der Waals surface area contributed by atoms with E-state index in [0.717, 1.165) is 25.1 Å². The van der Waals surface area contributed by atoms with Gasteiger partial charge in [0, 0.05) is 37.7 Å². The Kier molecular flexibility index (Phi) is 4.25. The smallest absolute Gasteiger partial charge is 0.228 e. The van der Waals surface area contributed by atoms with Crippen molar-refractivity contribution in [2.24, 2.45) is 0 Å². The van der Waals surface area contributed by atoms with Gasteiger partial charge in [0.05, 0.1) is 19.8 Å². The molecular formula is C15H18N4O2. The molecule has 0 radical (unpaired) electrons. The standard InChI is InChI=1S/C15H18N4O2/c1-20-14-4-8-17-15(18-14)19-9-5-13(10-19)21-11-12-2-6-16-7-3-12/h2-4,6-8,13H,5,9-11H2,1H3/t13-/m1/s1. The normalized spacial score (nSPS) is 18.0. The topological polar surface area (TPSA) is 60.4 Å². The summed E-state index contributed by atoms with van der Waals surface area (Å²) in [4.78, 5) is 14.8. The average molecular weight is 286 g/mol. The van der Waals surface area contributed by atoms with Crippen molar-refractivity contribution >= 4 is 5.95 Å². The summed E-state index contributed by atoms with van der Waals surface area (Å²) in [6.07, 6.45) is 6.46. The highest BCUT2D eigenvalue weighted by Gasteiger charge is 2.25. The molecular weight excluding hydrogens is 268 g/mol. The SMILES string of the molecule is COc1ccnc(N2CC[C@@H](OCc3ccncc3)C2)n1. The van der Waals surface area contributed by atoms with Crippen molar-refractivity contribution in [3.63, 3.8) is 0 Å². The fourth-order valence-electron chi connectivity index (χ4n) is 2.34. The molecule has 110 valence electrons. The third kappa shape index (κ3) is 3.46. The maximum Gasteiger partial charge on any atom is 0.228 e. The number of pyridine rings is 1. The van der Waals surface area contributed by atoms with Crippen LogP contribution in [0.3, 0.4) is 0 Å². The van der Waals surface area contributed by atoms with Gasteiger partial charge in [-0.2, -0.15) is 4.98 Å². The highest BCUT2D eigenvalue weighted by atomic mass is 16.5. The minimum atomic E-state index is 0.202. The van der Waals surface area contributed by atoms with Crippen molar-refractivity contribution in [1.82, 2.24) is 15.0 Å². The Hall–Kier alpha value is -2.21. The highest BCUT2D eigenvalue weighted by Crippen LogP contribution is 2.20. The van der Waals surface area contributed by atoms with Gasteiger partial charge >= 0.3 is 0 Å². The fourth-order valence-corrected chi connectivity index (χ4v) is 2.34. The van der Waals surface area contributed by atoms with E-state index in [0.29, 0.717) is 18.4 Å². The van der Waals surface area contributed by atoms with E-state index in [4.69, 9.17) is 9.47 Å². The zero-order valence-corrected chi connectivity index (χ0v) is 12.0. The van der Waals surface area contributed by atoms with E-state index in [9.17, 15) is 0 Å². The van der Waals surface area contributed by atoms with Gasteiger partial charge in [-0.05, 0) is 24.1 Å². The molecule has 0 spiro atoms. The molecule has 1 fully saturated rings. The second kappa shape index (κ2) is 6.49. The van der Waals surface area contributed by atoms with Crippen LogP contribution in [0, 0.1) is 0 Å². The van der Waals surface area contributed by atoms with Crippen LogP contribution >= 0.6 is 0 Å². The summed E-state index contributed by atoms with van der Waals surface area (Å²) in [5.74, 6) is 1.28. The Morgan fingerprint density at radius 1 is 1.24 bits per heavy atom. The Morgan fingerprint density at radius 2 is 2.10 bits per heavy atom. The van der Waals surface area contributed by atoms with Gasteiger partial charge in [-0.1, -0.05) is 0 Å². The van der Waals surface area contributed by atoms with E-state index in [1.54, 1.807) is 31.8 Å². The van der Waals surface area contributed by atoms with E-state index in [1.807, 2.05) is 12.1 Å². The van der Waals surface area contributed by atoms with Gasteiger partial charge < -0.3 is 14.4 Å². The number of ether oxygens (including phenoxy) is 2. The number of methoxy groups -OCH3 is 1. The van der Waals surface area contributed by atoms with E-state index in [1.165, 1.54) is 0 Å². The average Bonchev–Trinajstić information content (AvgIpc) is 3.03.